The molecular formula is C40H54N3O2+. The Morgan fingerprint density at radius 1 is 0.911 bits per heavy atom. The van der Waals surface area contributed by atoms with Gasteiger partial charge in [-0.15, -0.1) is 0 Å². The van der Waals surface area contributed by atoms with E-state index in [1.165, 1.54) is 41.0 Å². The number of nitriles is 1. The summed E-state index contributed by atoms with van der Waals surface area (Å²) in [6, 6.07) is 19.4. The minimum Gasteiger partial charge on any atom is -0.469 e. The fraction of sp³-hybridized carbons (Fsp3) is 0.425. The molecule has 2 aromatic rings. The molecule has 2 aliphatic rings. The molecule has 0 amide bonds. The average Bonchev–Trinajstić information content (AvgIpc) is 3.40. The van der Waals surface area contributed by atoms with E-state index in [1.807, 2.05) is 52.0 Å². The molecule has 45 heavy (non-hydrogen) atoms. The van der Waals surface area contributed by atoms with Gasteiger partial charge in [0.25, 0.3) is 0 Å². The molecule has 0 aliphatic carbocycles. The van der Waals surface area contributed by atoms with Crippen LogP contribution in [-0.2, 0) is 20.4 Å². The van der Waals surface area contributed by atoms with Gasteiger partial charge in [0.2, 0.25) is 5.69 Å². The number of methoxy groups -OCH3 is 1. The highest BCUT2D eigenvalue weighted by molar-refractivity contribution is 6.03. The predicted octanol–water partition coefficient (Wildman–Crippen LogP) is 9.72. The van der Waals surface area contributed by atoms with E-state index in [0.29, 0.717) is 12.0 Å². The number of benzene rings is 2. The topological polar surface area (TPSA) is 56.3 Å². The highest BCUT2D eigenvalue weighted by Crippen LogP contribution is 2.47. The zero-order valence-electron chi connectivity index (χ0n) is 29.3. The van der Waals surface area contributed by atoms with E-state index in [-0.39, 0.29) is 16.8 Å². The first kappa shape index (κ1) is 37.0. The fourth-order valence-electron chi connectivity index (χ4n) is 6.12. The predicted molar refractivity (Wildman–Crippen MR) is 190 cm³/mol. The summed E-state index contributed by atoms with van der Waals surface area (Å²) >= 11 is 0. The average molecular weight is 609 g/mol. The number of para-hydroxylation sites is 2. The molecule has 5 nitrogen and oxygen atoms in total. The van der Waals surface area contributed by atoms with Crippen LogP contribution < -0.4 is 4.90 Å². The van der Waals surface area contributed by atoms with Crippen LogP contribution in [0.15, 0.2) is 96.3 Å². The van der Waals surface area contributed by atoms with Crippen molar-refractivity contribution >= 4 is 23.1 Å². The number of unbranched alkanes of at least 4 members (excludes halogenated alkanes) is 2. The number of carbonyl (C=O) groups excluding carboxylic acids is 1. The minimum absolute atomic E-state index is 0.103. The summed E-state index contributed by atoms with van der Waals surface area (Å²) in [6.45, 7) is 17.9. The van der Waals surface area contributed by atoms with Crippen LogP contribution >= 0.6 is 0 Å². The summed E-state index contributed by atoms with van der Waals surface area (Å²) in [4.78, 5) is 13.9. The van der Waals surface area contributed by atoms with Gasteiger partial charge in [-0.25, -0.2) is 0 Å². The number of hydrogen-bond donors (Lipinski definition) is 0. The Morgan fingerprint density at radius 3 is 2.20 bits per heavy atom. The molecule has 0 saturated heterocycles. The molecule has 0 bridgehead atoms. The van der Waals surface area contributed by atoms with E-state index in [0.717, 1.165) is 25.8 Å². The Labute approximate surface area is 272 Å². The quantitative estimate of drug-likeness (QED) is 0.0886. The van der Waals surface area contributed by atoms with Crippen LogP contribution in [0.2, 0.25) is 0 Å². The molecule has 5 heteroatoms. The minimum atomic E-state index is -0.159. The number of anilines is 1. The van der Waals surface area contributed by atoms with Crippen molar-refractivity contribution in [2.24, 2.45) is 0 Å². The van der Waals surface area contributed by atoms with Gasteiger partial charge in [-0.3, -0.25) is 4.79 Å². The summed E-state index contributed by atoms with van der Waals surface area (Å²) in [5.41, 5.74) is 7.80. The second-order valence-electron chi connectivity index (χ2n) is 11.8. The summed E-state index contributed by atoms with van der Waals surface area (Å²) in [7, 11) is 3.53. The number of hydrogen-bond acceptors (Lipinski definition) is 4. The maximum absolute atomic E-state index is 11.5. The molecule has 0 spiro atoms. The Kier molecular flexibility index (Phi) is 14.3. The zero-order valence-corrected chi connectivity index (χ0v) is 29.3. The van der Waals surface area contributed by atoms with E-state index in [4.69, 9.17) is 4.74 Å². The van der Waals surface area contributed by atoms with E-state index >= 15 is 0 Å². The smallest absolute Gasteiger partial charge is 0.305 e. The maximum atomic E-state index is 11.5. The number of esters is 1. The number of ether oxygens (including phenoxy) is 1. The number of carbonyl (C=O) groups is 1. The molecule has 2 heterocycles. The lowest BCUT2D eigenvalue weighted by Gasteiger charge is -2.27. The summed E-state index contributed by atoms with van der Waals surface area (Å²) in [5, 5.41) is 9.84. The summed E-state index contributed by atoms with van der Waals surface area (Å²) in [6.07, 6.45) is 15.2. The second kappa shape index (κ2) is 17.4. The van der Waals surface area contributed by atoms with Crippen molar-refractivity contribution < 1.29 is 14.1 Å². The van der Waals surface area contributed by atoms with Gasteiger partial charge in [0.1, 0.15) is 7.05 Å². The van der Waals surface area contributed by atoms with Crippen molar-refractivity contribution in [2.75, 3.05) is 25.6 Å². The molecule has 2 aliphatic heterocycles. The van der Waals surface area contributed by atoms with Crippen LogP contribution in [0.5, 0.6) is 0 Å². The number of rotatable bonds is 10. The summed E-state index contributed by atoms with van der Waals surface area (Å²) < 4.78 is 7.00. The van der Waals surface area contributed by atoms with Crippen molar-refractivity contribution in [2.45, 2.75) is 91.9 Å². The standard InChI is InChI=1S/C36H42N3O2.2C2H6/c1-35(2)28-18-9-11-20-30(28)38(5)32(35)22-14-16-27(26-37)17-15-23-33-36(3,4)29-19-10-12-21-31(29)39(33)25-13-7-8-24-34(40)41-6;2*1-2/h9-12,14-23H,7-8,13,24-25H2,1-6H3;2*1-2H3/q+1;;. The van der Waals surface area contributed by atoms with Gasteiger partial charge in [-0.1, -0.05) is 96.5 Å². The van der Waals surface area contributed by atoms with Gasteiger partial charge in [0.15, 0.2) is 5.71 Å². The van der Waals surface area contributed by atoms with E-state index in [1.54, 1.807) is 0 Å². The second-order valence-corrected chi connectivity index (χ2v) is 11.8. The van der Waals surface area contributed by atoms with Crippen molar-refractivity contribution in [1.82, 2.24) is 0 Å². The lowest BCUT2D eigenvalue weighted by molar-refractivity contribution is -0.401. The normalized spacial score (nSPS) is 17.0. The lowest BCUT2D eigenvalue weighted by atomic mass is 9.81. The molecule has 2 aromatic carbocycles. The van der Waals surface area contributed by atoms with Crippen LogP contribution in [0.4, 0.5) is 11.4 Å². The zero-order chi connectivity index (χ0) is 33.6. The monoisotopic (exact) mass is 608 g/mol. The molecule has 0 aromatic heterocycles. The molecule has 0 fully saturated rings. The molecule has 0 radical (unpaired) electrons. The van der Waals surface area contributed by atoms with Crippen LogP contribution in [0.1, 0.15) is 92.2 Å². The molecule has 0 saturated carbocycles. The fourth-order valence-corrected chi connectivity index (χ4v) is 6.12. The Morgan fingerprint density at radius 2 is 1.56 bits per heavy atom. The first-order valence-corrected chi connectivity index (χ1v) is 16.4. The van der Waals surface area contributed by atoms with E-state index in [2.05, 4.69) is 111 Å². The molecule has 4 rings (SSSR count). The number of nitrogens with zero attached hydrogens (tertiary/aromatic N) is 3. The Bertz CT molecular complexity index is 1500. The first-order valence-electron chi connectivity index (χ1n) is 16.4. The van der Waals surface area contributed by atoms with Crippen molar-refractivity contribution in [3.05, 3.63) is 107 Å². The van der Waals surface area contributed by atoms with Gasteiger partial charge >= 0.3 is 5.97 Å². The molecule has 0 atom stereocenters. The van der Waals surface area contributed by atoms with Crippen molar-refractivity contribution in [3.8, 4) is 6.07 Å². The van der Waals surface area contributed by atoms with Gasteiger partial charge in [-0.05, 0) is 56.5 Å². The van der Waals surface area contributed by atoms with Gasteiger partial charge in [0.05, 0.1) is 24.2 Å². The third-order valence-electron chi connectivity index (χ3n) is 8.42. The van der Waals surface area contributed by atoms with Gasteiger partial charge < -0.3 is 9.64 Å². The maximum Gasteiger partial charge on any atom is 0.305 e. The highest BCUT2D eigenvalue weighted by atomic mass is 16.5. The molecule has 240 valence electrons. The van der Waals surface area contributed by atoms with Crippen molar-refractivity contribution in [3.63, 3.8) is 0 Å². The number of fused-ring (bicyclic) bond motifs is 2. The molecule has 0 N–H and O–H groups in total. The third kappa shape index (κ3) is 8.51. The Balaban J connectivity index is 0.00000169. The van der Waals surface area contributed by atoms with Gasteiger partial charge in [0, 0.05) is 47.5 Å². The Hall–Kier alpha value is -4.17. The third-order valence-corrected chi connectivity index (χ3v) is 8.42. The summed E-state index contributed by atoms with van der Waals surface area (Å²) in [5.74, 6) is -0.151. The van der Waals surface area contributed by atoms with E-state index < -0.39 is 0 Å². The lowest BCUT2D eigenvalue weighted by Crippen LogP contribution is -2.27. The van der Waals surface area contributed by atoms with Gasteiger partial charge in [-0.2, -0.15) is 9.84 Å². The number of allylic oxidation sites excluding steroid dienone is 8. The van der Waals surface area contributed by atoms with E-state index in [9.17, 15) is 10.1 Å². The van der Waals surface area contributed by atoms with Crippen molar-refractivity contribution in [1.29, 1.82) is 5.26 Å². The molecule has 0 unspecified atom stereocenters. The van der Waals surface area contributed by atoms with Crippen LogP contribution in [-0.4, -0.2) is 37.0 Å². The largest absolute Gasteiger partial charge is 0.469 e. The SMILES string of the molecule is CC.CC.COC(=O)CCCCCN1/C(=C/C=C/C(C#N)=C/C=C/C2=[N+](C)c3ccccc3C2(C)C)C(C)(C)c2ccccc21. The van der Waals surface area contributed by atoms with Crippen LogP contribution in [0.3, 0.4) is 0 Å². The van der Waals surface area contributed by atoms with Crippen LogP contribution in [0, 0.1) is 11.3 Å². The first-order chi connectivity index (χ1) is 21.6. The molecular weight excluding hydrogens is 554 g/mol. The highest BCUT2D eigenvalue weighted by Gasteiger charge is 2.42. The van der Waals surface area contributed by atoms with Crippen LogP contribution in [0.25, 0.3) is 0 Å².